The van der Waals surface area contributed by atoms with Gasteiger partial charge in [-0.25, -0.2) is 4.79 Å². The van der Waals surface area contributed by atoms with E-state index in [9.17, 15) is 4.79 Å². The highest BCUT2D eigenvalue weighted by atomic mass is 79.9. The quantitative estimate of drug-likeness (QED) is 0.818. The molecule has 4 heteroatoms. The molecule has 0 unspecified atom stereocenters. The molecule has 0 heterocycles. The minimum absolute atomic E-state index is 0.290. The van der Waals surface area contributed by atoms with Gasteiger partial charge in [-0.05, 0) is 30.0 Å². The van der Waals surface area contributed by atoms with Crippen molar-refractivity contribution in [1.29, 1.82) is 0 Å². The van der Waals surface area contributed by atoms with Crippen LogP contribution in [0.1, 0.15) is 35.2 Å². The number of carboxylic acid groups (broad SMARTS) is 1. The van der Waals surface area contributed by atoms with Crippen molar-refractivity contribution >= 4 is 21.9 Å². The third-order valence-corrected chi connectivity index (χ3v) is 3.66. The van der Waals surface area contributed by atoms with E-state index in [2.05, 4.69) is 15.9 Å². The van der Waals surface area contributed by atoms with Crippen LogP contribution < -0.4 is 0 Å². The number of carbonyl (C=O) groups is 1. The lowest BCUT2D eigenvalue weighted by atomic mass is 10.1. The molecule has 1 saturated carbocycles. The zero-order valence-electron chi connectivity index (χ0n) is 9.49. The molecule has 1 aliphatic carbocycles. The van der Waals surface area contributed by atoms with Gasteiger partial charge in [0.25, 0.3) is 0 Å². The molecule has 1 N–H and O–H groups in total. The Kier molecular flexibility index (Phi) is 4.18. The van der Waals surface area contributed by atoms with Crippen LogP contribution >= 0.6 is 15.9 Å². The average molecular weight is 299 g/mol. The van der Waals surface area contributed by atoms with Gasteiger partial charge in [0.15, 0.2) is 0 Å². The molecule has 0 aromatic heterocycles. The normalized spacial score (nSPS) is 14.9. The number of ether oxygens (including phenoxy) is 1. The van der Waals surface area contributed by atoms with E-state index in [0.29, 0.717) is 12.2 Å². The Morgan fingerprint density at radius 2 is 2.24 bits per heavy atom. The highest BCUT2D eigenvalue weighted by Crippen LogP contribution is 2.32. The average Bonchev–Trinajstić information content (AvgIpc) is 3.09. The maximum atomic E-state index is 10.8. The Bertz CT molecular complexity index is 413. The molecule has 0 saturated heterocycles. The summed E-state index contributed by atoms with van der Waals surface area (Å²) in [5.74, 6) is -0.0280. The summed E-state index contributed by atoms with van der Waals surface area (Å²) in [7, 11) is 0. The van der Waals surface area contributed by atoms with Crippen LogP contribution in [-0.2, 0) is 11.3 Å². The van der Waals surface area contributed by atoms with E-state index in [1.807, 2.05) is 0 Å². The number of hydrogen-bond acceptors (Lipinski definition) is 2. The SMILES string of the molecule is O=C(O)c1ccc(COCCC2CC2)c(Br)c1. The van der Waals surface area contributed by atoms with E-state index in [1.165, 1.54) is 12.8 Å². The summed E-state index contributed by atoms with van der Waals surface area (Å²) in [6, 6.07) is 5.01. The fourth-order valence-electron chi connectivity index (χ4n) is 1.64. The van der Waals surface area contributed by atoms with Crippen molar-refractivity contribution in [3.8, 4) is 0 Å². The first-order chi connectivity index (χ1) is 8.16. The first kappa shape index (κ1) is 12.6. The van der Waals surface area contributed by atoms with Gasteiger partial charge in [-0.3, -0.25) is 0 Å². The molecule has 0 bridgehead atoms. The van der Waals surface area contributed by atoms with Gasteiger partial charge < -0.3 is 9.84 Å². The molecule has 92 valence electrons. The molecule has 1 aromatic carbocycles. The second kappa shape index (κ2) is 5.65. The number of rotatable bonds is 6. The second-order valence-electron chi connectivity index (χ2n) is 4.40. The van der Waals surface area contributed by atoms with E-state index < -0.39 is 5.97 Å². The first-order valence-electron chi connectivity index (χ1n) is 5.76. The maximum Gasteiger partial charge on any atom is 0.335 e. The van der Waals surface area contributed by atoms with E-state index in [0.717, 1.165) is 29.0 Å². The van der Waals surface area contributed by atoms with Crippen LogP contribution in [-0.4, -0.2) is 17.7 Å². The Morgan fingerprint density at radius 3 is 2.82 bits per heavy atom. The van der Waals surface area contributed by atoms with Gasteiger partial charge in [-0.15, -0.1) is 0 Å². The highest BCUT2D eigenvalue weighted by Gasteiger charge is 2.20. The molecule has 0 amide bonds. The zero-order valence-corrected chi connectivity index (χ0v) is 11.1. The fourth-order valence-corrected chi connectivity index (χ4v) is 2.13. The standard InChI is InChI=1S/C13H15BrO3/c14-12-7-10(13(15)16)3-4-11(12)8-17-6-5-9-1-2-9/h3-4,7,9H,1-2,5-6,8H2,(H,15,16). The van der Waals surface area contributed by atoms with Gasteiger partial charge in [0.05, 0.1) is 12.2 Å². The summed E-state index contributed by atoms with van der Waals surface area (Å²) in [4.78, 5) is 10.8. The Balaban J connectivity index is 1.84. The number of aromatic carboxylic acids is 1. The summed E-state index contributed by atoms with van der Waals surface area (Å²) in [5.41, 5.74) is 1.28. The van der Waals surface area contributed by atoms with Gasteiger partial charge in [-0.2, -0.15) is 0 Å². The molecular formula is C13H15BrO3. The lowest BCUT2D eigenvalue weighted by Crippen LogP contribution is -2.00. The maximum absolute atomic E-state index is 10.8. The van der Waals surface area contributed by atoms with Crippen molar-refractivity contribution in [3.63, 3.8) is 0 Å². The van der Waals surface area contributed by atoms with Crippen LogP contribution in [0.25, 0.3) is 0 Å². The second-order valence-corrected chi connectivity index (χ2v) is 5.25. The van der Waals surface area contributed by atoms with Gasteiger partial charge in [-0.1, -0.05) is 34.8 Å². The van der Waals surface area contributed by atoms with E-state index >= 15 is 0 Å². The summed E-state index contributed by atoms with van der Waals surface area (Å²) in [6.07, 6.45) is 3.84. The fraction of sp³-hybridized carbons (Fsp3) is 0.462. The van der Waals surface area contributed by atoms with E-state index in [-0.39, 0.29) is 0 Å². The van der Waals surface area contributed by atoms with Crippen molar-refractivity contribution in [1.82, 2.24) is 0 Å². The van der Waals surface area contributed by atoms with Crippen molar-refractivity contribution in [2.75, 3.05) is 6.61 Å². The summed E-state index contributed by atoms with van der Waals surface area (Å²) in [6.45, 7) is 1.32. The van der Waals surface area contributed by atoms with Crippen LogP contribution in [0.2, 0.25) is 0 Å². The monoisotopic (exact) mass is 298 g/mol. The van der Waals surface area contributed by atoms with E-state index in [4.69, 9.17) is 9.84 Å². The predicted octanol–water partition coefficient (Wildman–Crippen LogP) is 3.46. The minimum Gasteiger partial charge on any atom is -0.478 e. The molecule has 3 nitrogen and oxygen atoms in total. The Hall–Kier alpha value is -0.870. The zero-order chi connectivity index (χ0) is 12.3. The molecule has 2 rings (SSSR count). The molecule has 0 spiro atoms. The molecule has 17 heavy (non-hydrogen) atoms. The summed E-state index contributed by atoms with van der Waals surface area (Å²) < 4.78 is 6.37. The molecule has 0 radical (unpaired) electrons. The third-order valence-electron chi connectivity index (χ3n) is 2.92. The summed E-state index contributed by atoms with van der Waals surface area (Å²) in [5, 5.41) is 8.83. The Morgan fingerprint density at radius 1 is 1.47 bits per heavy atom. The number of carboxylic acids is 1. The molecular weight excluding hydrogens is 284 g/mol. The van der Waals surface area contributed by atoms with Crippen molar-refractivity contribution in [2.24, 2.45) is 5.92 Å². The van der Waals surface area contributed by atoms with Crippen LogP contribution in [0.5, 0.6) is 0 Å². The molecule has 1 fully saturated rings. The molecule has 1 aromatic rings. The first-order valence-corrected chi connectivity index (χ1v) is 6.55. The van der Waals surface area contributed by atoms with Gasteiger partial charge in [0.1, 0.15) is 0 Å². The van der Waals surface area contributed by atoms with Crippen molar-refractivity contribution in [3.05, 3.63) is 33.8 Å². The number of benzene rings is 1. The molecule has 1 aliphatic rings. The van der Waals surface area contributed by atoms with Crippen molar-refractivity contribution in [2.45, 2.75) is 25.9 Å². The van der Waals surface area contributed by atoms with Crippen LogP contribution in [0.4, 0.5) is 0 Å². The van der Waals surface area contributed by atoms with Gasteiger partial charge in [0.2, 0.25) is 0 Å². The third kappa shape index (κ3) is 3.82. The van der Waals surface area contributed by atoms with Crippen molar-refractivity contribution < 1.29 is 14.6 Å². The van der Waals surface area contributed by atoms with Gasteiger partial charge >= 0.3 is 5.97 Å². The van der Waals surface area contributed by atoms with Crippen LogP contribution in [0.3, 0.4) is 0 Å². The lowest BCUT2D eigenvalue weighted by molar-refractivity contribution is 0.0696. The topological polar surface area (TPSA) is 46.5 Å². The number of hydrogen-bond donors (Lipinski definition) is 1. The highest BCUT2D eigenvalue weighted by molar-refractivity contribution is 9.10. The predicted molar refractivity (Wildman–Crippen MR) is 68.1 cm³/mol. The largest absolute Gasteiger partial charge is 0.478 e. The molecule has 0 atom stereocenters. The lowest BCUT2D eigenvalue weighted by Gasteiger charge is -2.07. The van der Waals surface area contributed by atoms with Gasteiger partial charge in [0, 0.05) is 11.1 Å². The Labute approximate surface area is 109 Å². The smallest absolute Gasteiger partial charge is 0.335 e. The van der Waals surface area contributed by atoms with E-state index in [1.54, 1.807) is 18.2 Å². The number of halogens is 1. The molecule has 0 aliphatic heterocycles. The van der Waals surface area contributed by atoms with Crippen LogP contribution in [0.15, 0.2) is 22.7 Å². The minimum atomic E-state index is -0.910. The van der Waals surface area contributed by atoms with Crippen LogP contribution in [0, 0.1) is 5.92 Å². The summed E-state index contributed by atoms with van der Waals surface area (Å²) >= 11 is 3.37.